The van der Waals surface area contributed by atoms with E-state index in [2.05, 4.69) is 0 Å². The first-order valence-electron chi connectivity index (χ1n) is 4.56. The van der Waals surface area contributed by atoms with Gasteiger partial charge < -0.3 is 10.2 Å². The number of aromatic hydroxyl groups is 1. The number of aromatic nitrogens is 1. The van der Waals surface area contributed by atoms with Gasteiger partial charge in [0, 0.05) is 19.2 Å². The van der Waals surface area contributed by atoms with Gasteiger partial charge in [0.15, 0.2) is 5.88 Å². The van der Waals surface area contributed by atoms with Gasteiger partial charge in [-0.05, 0) is 18.9 Å². The number of aliphatic hydroxyl groups excluding tert-OH is 1. The maximum absolute atomic E-state index is 11.6. The molecule has 2 N–H and O–H groups in total. The van der Waals surface area contributed by atoms with E-state index >= 15 is 0 Å². The quantitative estimate of drug-likeness (QED) is 0.704. The second-order valence-electron chi connectivity index (χ2n) is 3.21. The van der Waals surface area contributed by atoms with Crippen LogP contribution < -0.4 is 5.56 Å². The Labute approximate surface area is 136 Å². The van der Waals surface area contributed by atoms with Crippen molar-refractivity contribution in [3.8, 4) is 11.9 Å². The van der Waals surface area contributed by atoms with Crippen molar-refractivity contribution in [1.82, 2.24) is 4.57 Å². The van der Waals surface area contributed by atoms with E-state index in [1.165, 1.54) is 6.07 Å². The van der Waals surface area contributed by atoms with E-state index in [0.717, 1.165) is 4.57 Å². The molecule has 1 rings (SSSR count). The molecule has 1 heterocycles. The fraction of sp³-hybridized carbons (Fsp3) is 0.400. The van der Waals surface area contributed by atoms with Crippen molar-refractivity contribution < 1.29 is 10.2 Å². The normalized spacial score (nSPS) is 9.31. The molecule has 0 atom stereocenters. The molecular formula is C10H13KN2O3. The molecule has 1 aromatic rings. The van der Waals surface area contributed by atoms with Crippen LogP contribution in [0, 0.1) is 18.3 Å². The summed E-state index contributed by atoms with van der Waals surface area (Å²) in [6.45, 7) is 1.73. The number of hydrogen-bond donors (Lipinski definition) is 2. The molecule has 16 heavy (non-hydrogen) atoms. The van der Waals surface area contributed by atoms with E-state index < -0.39 is 5.56 Å². The van der Waals surface area contributed by atoms with Crippen molar-refractivity contribution in [1.29, 1.82) is 5.26 Å². The minimum atomic E-state index is -0.511. The summed E-state index contributed by atoms with van der Waals surface area (Å²) in [7, 11) is 0. The van der Waals surface area contributed by atoms with Crippen LogP contribution in [0.1, 0.15) is 17.5 Å². The first-order valence-corrected chi connectivity index (χ1v) is 4.56. The SMILES string of the molecule is Cc1cc(O)n(CCCO)c(=O)c1C#N.[KH]. The van der Waals surface area contributed by atoms with Crippen LogP contribution in [-0.2, 0) is 6.54 Å². The van der Waals surface area contributed by atoms with Gasteiger partial charge in [-0.1, -0.05) is 0 Å². The molecule has 0 spiro atoms. The van der Waals surface area contributed by atoms with Gasteiger partial charge in [0.25, 0.3) is 5.56 Å². The summed E-state index contributed by atoms with van der Waals surface area (Å²) in [5, 5.41) is 26.9. The van der Waals surface area contributed by atoms with Crippen LogP contribution in [0.3, 0.4) is 0 Å². The summed E-state index contributed by atoms with van der Waals surface area (Å²) in [5.74, 6) is -0.176. The van der Waals surface area contributed by atoms with Crippen LogP contribution in [0.5, 0.6) is 5.88 Å². The second-order valence-corrected chi connectivity index (χ2v) is 3.21. The predicted octanol–water partition coefficient (Wildman–Crippen LogP) is -0.532. The van der Waals surface area contributed by atoms with E-state index in [1.54, 1.807) is 13.0 Å². The number of rotatable bonds is 3. The summed E-state index contributed by atoms with van der Waals surface area (Å²) in [4.78, 5) is 11.6. The van der Waals surface area contributed by atoms with Crippen molar-refractivity contribution >= 4 is 51.4 Å². The Bertz CT molecular complexity index is 462. The zero-order valence-corrected chi connectivity index (χ0v) is 8.40. The van der Waals surface area contributed by atoms with E-state index in [4.69, 9.17) is 10.4 Å². The third-order valence-corrected chi connectivity index (χ3v) is 2.13. The fourth-order valence-electron chi connectivity index (χ4n) is 1.33. The maximum atomic E-state index is 11.6. The van der Waals surface area contributed by atoms with Gasteiger partial charge >= 0.3 is 51.4 Å². The van der Waals surface area contributed by atoms with Crippen molar-refractivity contribution in [2.45, 2.75) is 19.9 Å². The van der Waals surface area contributed by atoms with Crippen molar-refractivity contribution in [2.75, 3.05) is 6.61 Å². The molecule has 0 bridgehead atoms. The molecule has 0 aromatic carbocycles. The zero-order chi connectivity index (χ0) is 11.4. The van der Waals surface area contributed by atoms with Crippen LogP contribution >= 0.6 is 0 Å². The number of hydrogen-bond acceptors (Lipinski definition) is 4. The summed E-state index contributed by atoms with van der Waals surface area (Å²) >= 11 is 0. The van der Waals surface area contributed by atoms with Crippen LogP contribution in [0.15, 0.2) is 10.9 Å². The average molecular weight is 248 g/mol. The van der Waals surface area contributed by atoms with Gasteiger partial charge in [-0.2, -0.15) is 5.26 Å². The predicted molar refractivity (Wildman–Crippen MR) is 60.7 cm³/mol. The molecule has 5 nitrogen and oxygen atoms in total. The molecule has 0 unspecified atom stereocenters. The van der Waals surface area contributed by atoms with Gasteiger partial charge in [-0.3, -0.25) is 9.36 Å². The molecule has 0 saturated carbocycles. The molecular weight excluding hydrogens is 235 g/mol. The Morgan fingerprint density at radius 3 is 2.69 bits per heavy atom. The van der Waals surface area contributed by atoms with Crippen molar-refractivity contribution in [2.24, 2.45) is 0 Å². The summed E-state index contributed by atoms with van der Waals surface area (Å²) in [6.07, 6.45) is 0.362. The molecule has 0 saturated heterocycles. The number of aliphatic hydroxyl groups is 1. The molecule has 0 aliphatic heterocycles. The van der Waals surface area contributed by atoms with E-state index in [9.17, 15) is 9.90 Å². The summed E-state index contributed by atoms with van der Waals surface area (Å²) < 4.78 is 1.09. The number of pyridine rings is 1. The first kappa shape index (κ1) is 15.8. The Morgan fingerprint density at radius 1 is 1.56 bits per heavy atom. The number of aryl methyl sites for hydroxylation is 1. The average Bonchev–Trinajstić information content (AvgIpc) is 2.17. The van der Waals surface area contributed by atoms with Gasteiger partial charge in [-0.25, -0.2) is 0 Å². The van der Waals surface area contributed by atoms with Crippen LogP contribution in [0.4, 0.5) is 0 Å². The van der Waals surface area contributed by atoms with Gasteiger partial charge in [0.1, 0.15) is 11.6 Å². The van der Waals surface area contributed by atoms with Crippen LogP contribution in [0.2, 0.25) is 0 Å². The van der Waals surface area contributed by atoms with E-state index in [-0.39, 0.29) is 76.0 Å². The Kier molecular flexibility index (Phi) is 7.14. The fourth-order valence-corrected chi connectivity index (χ4v) is 1.33. The monoisotopic (exact) mass is 248 g/mol. The Balaban J connectivity index is 0.00000225. The standard InChI is InChI=1S/C10H12N2O3.K.H/c1-7-5-9(14)12(3-2-4-13)10(15)8(7)6-11;;/h5,13-14H,2-4H2,1H3;;. The Hall–Kier alpha value is -0.164. The Morgan fingerprint density at radius 2 is 2.19 bits per heavy atom. The second kappa shape index (κ2) is 7.22. The van der Waals surface area contributed by atoms with Crippen molar-refractivity contribution in [3.05, 3.63) is 27.5 Å². The third-order valence-electron chi connectivity index (χ3n) is 2.13. The summed E-state index contributed by atoms with van der Waals surface area (Å²) in [5.41, 5.74) is -0.0190. The molecule has 0 radical (unpaired) electrons. The first-order chi connectivity index (χ1) is 7.11. The minimum absolute atomic E-state index is 0. The van der Waals surface area contributed by atoms with Gasteiger partial charge in [0.05, 0.1) is 0 Å². The van der Waals surface area contributed by atoms with Gasteiger partial charge in [0.2, 0.25) is 0 Å². The third kappa shape index (κ3) is 3.42. The molecule has 0 aliphatic rings. The molecule has 1 aromatic heterocycles. The summed E-state index contributed by atoms with van der Waals surface area (Å²) in [6, 6.07) is 3.17. The zero-order valence-electron chi connectivity index (χ0n) is 8.40. The van der Waals surface area contributed by atoms with Crippen molar-refractivity contribution in [3.63, 3.8) is 0 Å². The molecule has 0 amide bonds. The van der Waals surface area contributed by atoms with Crippen LogP contribution in [0.25, 0.3) is 0 Å². The topological polar surface area (TPSA) is 86.2 Å². The van der Waals surface area contributed by atoms with Gasteiger partial charge in [-0.15, -0.1) is 0 Å². The van der Waals surface area contributed by atoms with Crippen LogP contribution in [-0.4, -0.2) is 72.8 Å². The number of nitrogens with zero attached hydrogens (tertiary/aromatic N) is 2. The molecule has 0 fully saturated rings. The van der Waals surface area contributed by atoms with E-state index in [0.29, 0.717) is 12.0 Å². The molecule has 6 heteroatoms. The van der Waals surface area contributed by atoms with E-state index in [1.807, 2.05) is 0 Å². The molecule has 82 valence electrons. The molecule has 0 aliphatic carbocycles. The number of nitriles is 1.